The summed E-state index contributed by atoms with van der Waals surface area (Å²) < 4.78 is 32.1. The Bertz CT molecular complexity index is 602. The van der Waals surface area contributed by atoms with Crippen molar-refractivity contribution in [1.82, 2.24) is 4.72 Å². The van der Waals surface area contributed by atoms with Crippen molar-refractivity contribution in [2.45, 2.75) is 36.9 Å². The molecule has 1 heterocycles. The lowest BCUT2D eigenvalue weighted by atomic mass is 9.97. The molecule has 1 aromatic carbocycles. The quantitative estimate of drug-likeness (QED) is 0.698. The second kappa shape index (κ2) is 5.33. The van der Waals surface area contributed by atoms with Crippen molar-refractivity contribution >= 4 is 15.7 Å². The maximum atomic E-state index is 12.2. The summed E-state index contributed by atoms with van der Waals surface area (Å²) >= 11 is 0. The molecule has 0 saturated carbocycles. The van der Waals surface area contributed by atoms with Crippen LogP contribution in [0, 0.1) is 6.92 Å². The van der Waals surface area contributed by atoms with E-state index >= 15 is 0 Å². The second-order valence-electron chi connectivity index (χ2n) is 5.21. The summed E-state index contributed by atoms with van der Waals surface area (Å²) in [5.74, 6) is 0. The van der Waals surface area contributed by atoms with Crippen molar-refractivity contribution in [2.75, 3.05) is 18.9 Å². The van der Waals surface area contributed by atoms with Gasteiger partial charge in [0.05, 0.1) is 11.0 Å². The third-order valence-electron chi connectivity index (χ3n) is 3.78. The van der Waals surface area contributed by atoms with Crippen LogP contribution in [0.15, 0.2) is 23.1 Å². The predicted octanol–water partition coefficient (Wildman–Crippen LogP) is 0.395. The van der Waals surface area contributed by atoms with E-state index in [1.54, 1.807) is 19.9 Å². The van der Waals surface area contributed by atoms with E-state index in [2.05, 4.69) is 4.72 Å². The predicted molar refractivity (Wildman–Crippen MR) is 75.8 cm³/mol. The van der Waals surface area contributed by atoms with Gasteiger partial charge in [-0.2, -0.15) is 0 Å². The van der Waals surface area contributed by atoms with Gasteiger partial charge in [-0.1, -0.05) is 0 Å². The molecule has 1 aromatic rings. The molecular formula is C13H20N2O4S. The second-order valence-corrected chi connectivity index (χ2v) is 6.98. The van der Waals surface area contributed by atoms with Crippen LogP contribution in [0.2, 0.25) is 0 Å². The highest BCUT2D eigenvalue weighted by Gasteiger charge is 2.40. The summed E-state index contributed by atoms with van der Waals surface area (Å²) in [6.45, 7) is 3.84. The maximum Gasteiger partial charge on any atom is 0.240 e. The molecule has 0 aromatic heterocycles. The van der Waals surface area contributed by atoms with E-state index < -0.39 is 21.7 Å². The van der Waals surface area contributed by atoms with Crippen LogP contribution < -0.4 is 10.5 Å². The van der Waals surface area contributed by atoms with Crippen molar-refractivity contribution < 1.29 is 18.3 Å². The lowest BCUT2D eigenvalue weighted by Gasteiger charge is -2.26. The van der Waals surface area contributed by atoms with Gasteiger partial charge in [0.1, 0.15) is 5.60 Å². The highest BCUT2D eigenvalue weighted by atomic mass is 32.2. The Kier molecular flexibility index (Phi) is 4.06. The lowest BCUT2D eigenvalue weighted by molar-refractivity contribution is -0.0228. The molecule has 0 bridgehead atoms. The summed E-state index contributed by atoms with van der Waals surface area (Å²) in [6, 6.07) is 4.51. The summed E-state index contributed by atoms with van der Waals surface area (Å²) in [7, 11) is -3.67. The zero-order chi connectivity index (χ0) is 15.0. The van der Waals surface area contributed by atoms with E-state index in [1.165, 1.54) is 12.1 Å². The molecule has 0 spiro atoms. The highest BCUT2D eigenvalue weighted by molar-refractivity contribution is 7.89. The van der Waals surface area contributed by atoms with Crippen LogP contribution >= 0.6 is 0 Å². The van der Waals surface area contributed by atoms with E-state index in [9.17, 15) is 13.5 Å². The number of aryl methyl sites for hydroxylation is 1. The first-order valence-corrected chi connectivity index (χ1v) is 7.93. The molecular weight excluding hydrogens is 280 g/mol. The van der Waals surface area contributed by atoms with Gasteiger partial charge in [-0.05, 0) is 37.6 Å². The molecule has 112 valence electrons. The summed E-state index contributed by atoms with van der Waals surface area (Å²) in [4.78, 5) is 0.138. The number of anilines is 1. The van der Waals surface area contributed by atoms with Crippen molar-refractivity contribution in [3.63, 3.8) is 0 Å². The molecule has 2 rings (SSSR count). The average Bonchev–Trinajstić information content (AvgIpc) is 2.71. The Morgan fingerprint density at radius 3 is 2.80 bits per heavy atom. The first-order valence-electron chi connectivity index (χ1n) is 6.44. The van der Waals surface area contributed by atoms with Gasteiger partial charge in [0.2, 0.25) is 10.0 Å². The van der Waals surface area contributed by atoms with Gasteiger partial charge in [0.25, 0.3) is 0 Å². The smallest absolute Gasteiger partial charge is 0.240 e. The van der Waals surface area contributed by atoms with E-state index in [4.69, 9.17) is 10.5 Å². The summed E-state index contributed by atoms with van der Waals surface area (Å²) in [6.07, 6.45) is 0.0237. The van der Waals surface area contributed by atoms with E-state index in [0.717, 1.165) is 0 Å². The van der Waals surface area contributed by atoms with Crippen molar-refractivity contribution in [3.8, 4) is 0 Å². The fourth-order valence-electron chi connectivity index (χ4n) is 2.12. The first kappa shape index (κ1) is 15.2. The fourth-order valence-corrected chi connectivity index (χ4v) is 3.31. The van der Waals surface area contributed by atoms with Crippen LogP contribution in [-0.4, -0.2) is 38.4 Å². The minimum absolute atomic E-state index is 0.0695. The number of benzene rings is 1. The standard InChI is InChI=1S/C13H20N2O4S/c1-9-7-11(3-4-12(9)14)20(17,18)15-8-13(16)5-6-19-10(13)2/h3-4,7,10,15-16H,5-6,8,14H2,1-2H3. The average molecular weight is 300 g/mol. The number of hydrogen-bond donors (Lipinski definition) is 3. The number of aliphatic hydroxyl groups is 1. The molecule has 1 aliphatic heterocycles. The van der Waals surface area contributed by atoms with E-state index in [-0.39, 0.29) is 11.4 Å². The molecule has 1 saturated heterocycles. The minimum atomic E-state index is -3.67. The van der Waals surface area contributed by atoms with Gasteiger partial charge in [-0.3, -0.25) is 0 Å². The number of nitrogens with two attached hydrogens (primary N) is 1. The van der Waals surface area contributed by atoms with Crippen molar-refractivity contribution in [1.29, 1.82) is 0 Å². The summed E-state index contributed by atoms with van der Waals surface area (Å²) in [5, 5.41) is 10.3. The molecule has 2 unspecified atom stereocenters. The highest BCUT2D eigenvalue weighted by Crippen LogP contribution is 2.25. The molecule has 1 aliphatic rings. The fraction of sp³-hybridized carbons (Fsp3) is 0.538. The number of nitrogen functional groups attached to an aromatic ring is 1. The molecule has 1 fully saturated rings. The molecule has 0 amide bonds. The van der Waals surface area contributed by atoms with Gasteiger partial charge >= 0.3 is 0 Å². The molecule has 7 heteroatoms. The minimum Gasteiger partial charge on any atom is -0.399 e. The first-order chi connectivity index (χ1) is 9.24. The molecule has 4 N–H and O–H groups in total. The molecule has 2 atom stereocenters. The normalized spacial score (nSPS) is 26.9. The zero-order valence-corrected chi connectivity index (χ0v) is 12.4. The van der Waals surface area contributed by atoms with Crippen LogP contribution in [-0.2, 0) is 14.8 Å². The molecule has 6 nitrogen and oxygen atoms in total. The van der Waals surface area contributed by atoms with E-state index in [0.29, 0.717) is 24.3 Å². The van der Waals surface area contributed by atoms with Gasteiger partial charge < -0.3 is 15.6 Å². The van der Waals surface area contributed by atoms with Crippen LogP contribution in [0.1, 0.15) is 18.9 Å². The van der Waals surface area contributed by atoms with Crippen LogP contribution in [0.3, 0.4) is 0 Å². The number of sulfonamides is 1. The van der Waals surface area contributed by atoms with Gasteiger partial charge in [0, 0.05) is 25.3 Å². The van der Waals surface area contributed by atoms with Gasteiger partial charge in [-0.25, -0.2) is 13.1 Å². The Hall–Kier alpha value is -1.15. The van der Waals surface area contributed by atoms with Crippen molar-refractivity contribution in [3.05, 3.63) is 23.8 Å². The lowest BCUT2D eigenvalue weighted by Crippen LogP contribution is -2.47. The van der Waals surface area contributed by atoms with E-state index in [1.807, 2.05) is 0 Å². The number of hydrogen-bond acceptors (Lipinski definition) is 5. The van der Waals surface area contributed by atoms with Gasteiger partial charge in [0.15, 0.2) is 0 Å². The Balaban J connectivity index is 2.13. The topological polar surface area (TPSA) is 102 Å². The Morgan fingerprint density at radius 2 is 2.25 bits per heavy atom. The monoisotopic (exact) mass is 300 g/mol. The van der Waals surface area contributed by atoms with Crippen LogP contribution in [0.4, 0.5) is 5.69 Å². The van der Waals surface area contributed by atoms with Crippen molar-refractivity contribution in [2.24, 2.45) is 0 Å². The van der Waals surface area contributed by atoms with Gasteiger partial charge in [-0.15, -0.1) is 0 Å². The number of nitrogens with one attached hydrogen (secondary N) is 1. The number of ether oxygens (including phenoxy) is 1. The third kappa shape index (κ3) is 2.95. The zero-order valence-electron chi connectivity index (χ0n) is 11.6. The molecule has 0 aliphatic carbocycles. The largest absolute Gasteiger partial charge is 0.399 e. The van der Waals surface area contributed by atoms with Crippen LogP contribution in [0.5, 0.6) is 0 Å². The third-order valence-corrected chi connectivity index (χ3v) is 5.18. The molecule has 20 heavy (non-hydrogen) atoms. The summed E-state index contributed by atoms with van der Waals surface area (Å²) in [5.41, 5.74) is 5.76. The number of rotatable bonds is 4. The van der Waals surface area contributed by atoms with Crippen LogP contribution in [0.25, 0.3) is 0 Å². The molecule has 0 radical (unpaired) electrons. The SMILES string of the molecule is Cc1cc(S(=O)(=O)NCC2(O)CCOC2C)ccc1N. The Morgan fingerprint density at radius 1 is 1.55 bits per heavy atom. The Labute approximate surface area is 119 Å². The maximum absolute atomic E-state index is 12.2.